The van der Waals surface area contributed by atoms with E-state index in [1.807, 2.05) is 0 Å². The van der Waals surface area contributed by atoms with Crippen molar-refractivity contribution in [3.63, 3.8) is 0 Å². The Morgan fingerprint density at radius 3 is 2.90 bits per heavy atom. The van der Waals surface area contributed by atoms with Crippen LogP contribution < -0.4 is 5.32 Å². The average Bonchev–Trinajstić information content (AvgIpc) is 2.80. The van der Waals surface area contributed by atoms with Crippen molar-refractivity contribution in [2.24, 2.45) is 5.92 Å². The topological polar surface area (TPSA) is 69.6 Å². The Balaban J connectivity index is 1.94. The van der Waals surface area contributed by atoms with Crippen molar-refractivity contribution >= 4 is 45.2 Å². The number of likely N-dealkylation sites (tertiary alicyclic amines) is 1. The Kier molecular flexibility index (Phi) is 4.88. The number of anilines is 1. The van der Waals surface area contributed by atoms with E-state index >= 15 is 0 Å². The van der Waals surface area contributed by atoms with E-state index in [0.29, 0.717) is 30.2 Å². The van der Waals surface area contributed by atoms with Crippen LogP contribution in [0.2, 0.25) is 5.02 Å². The van der Waals surface area contributed by atoms with Gasteiger partial charge in [0.2, 0.25) is 0 Å². The normalized spacial score (nSPS) is 18.1. The molecule has 0 radical (unpaired) electrons. The summed E-state index contributed by atoms with van der Waals surface area (Å²) in [7, 11) is 0. The third kappa shape index (κ3) is 3.86. The molecule has 2 amide bonds. The molecule has 0 aromatic heterocycles. The molecule has 1 heterocycles. The zero-order chi connectivity index (χ0) is 14.7. The van der Waals surface area contributed by atoms with E-state index in [0.717, 1.165) is 4.47 Å². The first-order valence-electron chi connectivity index (χ1n) is 6.18. The summed E-state index contributed by atoms with van der Waals surface area (Å²) < 4.78 is 0.836. The SMILES string of the molecule is O=C(O)CC1CCN(C(=O)Nc2ccc(Br)cc2Cl)C1. The maximum atomic E-state index is 12.1. The van der Waals surface area contributed by atoms with Crippen molar-refractivity contribution in [1.82, 2.24) is 4.90 Å². The molecule has 1 saturated heterocycles. The monoisotopic (exact) mass is 360 g/mol. The maximum absolute atomic E-state index is 12.1. The van der Waals surface area contributed by atoms with Crippen LogP contribution in [0, 0.1) is 5.92 Å². The summed E-state index contributed by atoms with van der Waals surface area (Å²) in [5, 5.41) is 11.9. The van der Waals surface area contributed by atoms with Gasteiger partial charge in [-0.25, -0.2) is 4.79 Å². The predicted molar refractivity (Wildman–Crippen MR) is 80.1 cm³/mol. The molecule has 2 N–H and O–H groups in total. The number of carbonyl (C=O) groups is 2. The van der Waals surface area contributed by atoms with Gasteiger partial charge in [-0.2, -0.15) is 0 Å². The molecule has 0 saturated carbocycles. The number of hydrogen-bond donors (Lipinski definition) is 2. The quantitative estimate of drug-likeness (QED) is 0.866. The fourth-order valence-electron chi connectivity index (χ4n) is 2.22. The number of urea groups is 1. The van der Waals surface area contributed by atoms with Gasteiger partial charge in [-0.05, 0) is 30.5 Å². The molecule has 1 fully saturated rings. The maximum Gasteiger partial charge on any atom is 0.321 e. The zero-order valence-electron chi connectivity index (χ0n) is 10.6. The Hall–Kier alpha value is -1.27. The molecule has 2 rings (SSSR count). The number of rotatable bonds is 3. The molecule has 7 heteroatoms. The van der Waals surface area contributed by atoms with E-state index in [1.54, 1.807) is 23.1 Å². The van der Waals surface area contributed by atoms with Crippen LogP contribution >= 0.6 is 27.5 Å². The smallest absolute Gasteiger partial charge is 0.321 e. The van der Waals surface area contributed by atoms with Crippen LogP contribution in [0.1, 0.15) is 12.8 Å². The van der Waals surface area contributed by atoms with Crippen molar-refractivity contribution in [2.45, 2.75) is 12.8 Å². The van der Waals surface area contributed by atoms with Crippen molar-refractivity contribution in [1.29, 1.82) is 0 Å². The van der Waals surface area contributed by atoms with Crippen molar-refractivity contribution in [2.75, 3.05) is 18.4 Å². The lowest BCUT2D eigenvalue weighted by Crippen LogP contribution is -2.33. The largest absolute Gasteiger partial charge is 0.481 e. The number of amides is 2. The van der Waals surface area contributed by atoms with Crippen LogP contribution in [-0.4, -0.2) is 35.1 Å². The fourth-order valence-corrected chi connectivity index (χ4v) is 2.94. The molecule has 1 atom stereocenters. The summed E-state index contributed by atoms with van der Waals surface area (Å²) >= 11 is 9.33. The lowest BCUT2D eigenvalue weighted by molar-refractivity contribution is -0.138. The molecular weight excluding hydrogens is 348 g/mol. The lowest BCUT2D eigenvalue weighted by Gasteiger charge is -2.17. The van der Waals surface area contributed by atoms with Gasteiger partial charge in [0.1, 0.15) is 0 Å². The van der Waals surface area contributed by atoms with Crippen LogP contribution in [0.4, 0.5) is 10.5 Å². The Bertz CT molecular complexity index is 538. The minimum atomic E-state index is -0.826. The Morgan fingerprint density at radius 1 is 1.50 bits per heavy atom. The van der Waals surface area contributed by atoms with Crippen LogP contribution in [0.3, 0.4) is 0 Å². The third-order valence-electron chi connectivity index (χ3n) is 3.21. The van der Waals surface area contributed by atoms with E-state index in [2.05, 4.69) is 21.2 Å². The molecule has 5 nitrogen and oxygen atoms in total. The molecule has 0 aliphatic carbocycles. The number of halogens is 2. The van der Waals surface area contributed by atoms with E-state index in [4.69, 9.17) is 16.7 Å². The van der Waals surface area contributed by atoms with Crippen molar-refractivity contribution < 1.29 is 14.7 Å². The molecule has 1 aromatic rings. The summed E-state index contributed by atoms with van der Waals surface area (Å²) in [5.41, 5.74) is 0.543. The summed E-state index contributed by atoms with van der Waals surface area (Å²) in [6.07, 6.45) is 0.816. The van der Waals surface area contributed by atoms with Gasteiger partial charge in [0.05, 0.1) is 10.7 Å². The highest BCUT2D eigenvalue weighted by Crippen LogP contribution is 2.27. The second-order valence-corrected chi connectivity index (χ2v) is 6.08. The first-order valence-corrected chi connectivity index (χ1v) is 7.35. The standard InChI is InChI=1S/C13H14BrClN2O3/c14-9-1-2-11(10(15)6-9)16-13(20)17-4-3-8(7-17)5-12(18)19/h1-2,6,8H,3-5,7H2,(H,16,20)(H,18,19). The van der Waals surface area contributed by atoms with E-state index in [-0.39, 0.29) is 18.4 Å². The Labute approximate surface area is 130 Å². The van der Waals surface area contributed by atoms with Crippen molar-refractivity contribution in [3.8, 4) is 0 Å². The molecule has 1 unspecified atom stereocenters. The van der Waals surface area contributed by atoms with Gasteiger partial charge in [-0.1, -0.05) is 27.5 Å². The second-order valence-electron chi connectivity index (χ2n) is 4.75. The Morgan fingerprint density at radius 2 is 2.25 bits per heavy atom. The van der Waals surface area contributed by atoms with E-state index in [9.17, 15) is 9.59 Å². The van der Waals surface area contributed by atoms with Gasteiger partial charge in [0.15, 0.2) is 0 Å². The minimum absolute atomic E-state index is 0.0265. The molecule has 0 spiro atoms. The molecule has 20 heavy (non-hydrogen) atoms. The minimum Gasteiger partial charge on any atom is -0.481 e. The van der Waals surface area contributed by atoms with Crippen LogP contribution in [0.15, 0.2) is 22.7 Å². The predicted octanol–water partition coefficient (Wildman–Crippen LogP) is 3.43. The zero-order valence-corrected chi connectivity index (χ0v) is 12.9. The molecule has 1 aromatic carbocycles. The number of nitrogens with one attached hydrogen (secondary N) is 1. The van der Waals surface area contributed by atoms with E-state index < -0.39 is 5.97 Å². The van der Waals surface area contributed by atoms with Gasteiger partial charge in [0, 0.05) is 24.0 Å². The summed E-state index contributed by atoms with van der Waals surface area (Å²) in [5.74, 6) is -0.799. The fraction of sp³-hybridized carbons (Fsp3) is 0.385. The lowest BCUT2D eigenvalue weighted by atomic mass is 10.1. The third-order valence-corrected chi connectivity index (χ3v) is 4.02. The van der Waals surface area contributed by atoms with Gasteiger partial charge in [0.25, 0.3) is 0 Å². The number of nitrogens with zero attached hydrogens (tertiary/aromatic N) is 1. The molecule has 1 aliphatic heterocycles. The number of benzene rings is 1. The highest BCUT2D eigenvalue weighted by Gasteiger charge is 2.27. The first kappa shape index (κ1) is 15.1. The van der Waals surface area contributed by atoms with Gasteiger partial charge >= 0.3 is 12.0 Å². The summed E-state index contributed by atoms with van der Waals surface area (Å²) in [6, 6.07) is 4.96. The number of carboxylic acid groups (broad SMARTS) is 1. The van der Waals surface area contributed by atoms with Crippen molar-refractivity contribution in [3.05, 3.63) is 27.7 Å². The van der Waals surface area contributed by atoms with Gasteiger partial charge in [-0.15, -0.1) is 0 Å². The van der Waals surface area contributed by atoms with E-state index in [1.165, 1.54) is 0 Å². The number of aliphatic carboxylic acids is 1. The van der Waals surface area contributed by atoms with Gasteiger partial charge < -0.3 is 15.3 Å². The van der Waals surface area contributed by atoms with Crippen LogP contribution in [0.5, 0.6) is 0 Å². The molecule has 1 aliphatic rings. The first-order chi connectivity index (χ1) is 9.45. The van der Waals surface area contributed by atoms with Crippen LogP contribution in [0.25, 0.3) is 0 Å². The van der Waals surface area contributed by atoms with Gasteiger partial charge in [-0.3, -0.25) is 4.79 Å². The summed E-state index contributed by atoms with van der Waals surface area (Å²) in [6.45, 7) is 1.03. The molecule has 108 valence electrons. The highest BCUT2D eigenvalue weighted by atomic mass is 79.9. The second kappa shape index (κ2) is 6.45. The molecular formula is C13H14BrClN2O3. The molecule has 0 bridgehead atoms. The highest BCUT2D eigenvalue weighted by molar-refractivity contribution is 9.10. The number of carboxylic acids is 1. The van der Waals surface area contributed by atoms with Crippen LogP contribution in [-0.2, 0) is 4.79 Å². The number of hydrogen-bond acceptors (Lipinski definition) is 2. The number of carbonyl (C=O) groups excluding carboxylic acids is 1. The summed E-state index contributed by atoms with van der Waals surface area (Å²) in [4.78, 5) is 24.4. The average molecular weight is 362 g/mol.